The molecule has 1 aromatic carbocycles. The number of rotatable bonds is 7. The van der Waals surface area contributed by atoms with E-state index in [-0.39, 0.29) is 5.91 Å². The first-order chi connectivity index (χ1) is 13.6. The lowest BCUT2D eigenvalue weighted by atomic mass is 10.1. The highest BCUT2D eigenvalue weighted by Crippen LogP contribution is 2.14. The third-order valence-electron chi connectivity index (χ3n) is 4.82. The van der Waals surface area contributed by atoms with Crippen molar-refractivity contribution in [3.8, 4) is 0 Å². The molecule has 0 aliphatic carbocycles. The van der Waals surface area contributed by atoms with Crippen LogP contribution in [0, 0.1) is 0 Å². The number of halogens is 1. The SMILES string of the molecule is CN(CC[C@H](NC(=O)OC(C)(C)C)C(=O)N1CCCCC1)Cc1ccc(Cl)cc1. The van der Waals surface area contributed by atoms with Crippen molar-refractivity contribution in [2.75, 3.05) is 26.7 Å². The molecule has 1 aliphatic heterocycles. The maximum Gasteiger partial charge on any atom is 0.408 e. The maximum absolute atomic E-state index is 13.0. The fourth-order valence-electron chi connectivity index (χ4n) is 3.37. The number of ether oxygens (including phenoxy) is 1. The summed E-state index contributed by atoms with van der Waals surface area (Å²) < 4.78 is 5.37. The summed E-state index contributed by atoms with van der Waals surface area (Å²) >= 11 is 5.95. The van der Waals surface area contributed by atoms with Crippen LogP contribution in [0.1, 0.15) is 52.0 Å². The van der Waals surface area contributed by atoms with Crippen molar-refractivity contribution in [3.63, 3.8) is 0 Å². The highest BCUT2D eigenvalue weighted by molar-refractivity contribution is 6.30. The number of hydrogen-bond donors (Lipinski definition) is 1. The van der Waals surface area contributed by atoms with E-state index in [1.807, 2.05) is 57.0 Å². The van der Waals surface area contributed by atoms with Crippen LogP contribution in [0.15, 0.2) is 24.3 Å². The van der Waals surface area contributed by atoms with Crippen LogP contribution in [0.2, 0.25) is 5.02 Å². The van der Waals surface area contributed by atoms with Crippen LogP contribution < -0.4 is 5.32 Å². The molecular formula is C22H34ClN3O3. The molecule has 2 amide bonds. The fraction of sp³-hybridized carbons (Fsp3) is 0.636. The summed E-state index contributed by atoms with van der Waals surface area (Å²) in [6.07, 6.45) is 3.16. The zero-order valence-corrected chi connectivity index (χ0v) is 18.8. The van der Waals surface area contributed by atoms with Crippen molar-refractivity contribution < 1.29 is 14.3 Å². The minimum Gasteiger partial charge on any atom is -0.444 e. The Kier molecular flexibility index (Phi) is 8.78. The predicted molar refractivity (Wildman–Crippen MR) is 116 cm³/mol. The van der Waals surface area contributed by atoms with E-state index in [1.54, 1.807) is 0 Å². The molecule has 0 spiro atoms. The normalized spacial score (nSPS) is 15.9. The maximum atomic E-state index is 13.0. The predicted octanol–water partition coefficient (Wildman–Crippen LogP) is 4.07. The highest BCUT2D eigenvalue weighted by atomic mass is 35.5. The van der Waals surface area contributed by atoms with Crippen LogP contribution in [0.3, 0.4) is 0 Å². The Morgan fingerprint density at radius 1 is 1.17 bits per heavy atom. The lowest BCUT2D eigenvalue weighted by molar-refractivity contribution is -0.134. The third kappa shape index (κ3) is 8.62. The van der Waals surface area contributed by atoms with E-state index in [4.69, 9.17) is 16.3 Å². The van der Waals surface area contributed by atoms with Gasteiger partial charge in [-0.25, -0.2) is 4.79 Å². The minimum atomic E-state index is -0.603. The van der Waals surface area contributed by atoms with E-state index < -0.39 is 17.7 Å². The Morgan fingerprint density at radius 2 is 1.79 bits per heavy atom. The van der Waals surface area contributed by atoms with Gasteiger partial charge in [-0.1, -0.05) is 23.7 Å². The summed E-state index contributed by atoms with van der Waals surface area (Å²) in [5, 5.41) is 3.51. The second-order valence-corrected chi connectivity index (χ2v) is 9.17. The zero-order chi connectivity index (χ0) is 21.4. The van der Waals surface area contributed by atoms with Gasteiger partial charge in [-0.2, -0.15) is 0 Å². The van der Waals surface area contributed by atoms with Crippen LogP contribution in [0.4, 0.5) is 4.79 Å². The first-order valence-corrected chi connectivity index (χ1v) is 10.7. The highest BCUT2D eigenvalue weighted by Gasteiger charge is 2.28. The molecule has 0 saturated carbocycles. The van der Waals surface area contributed by atoms with Crippen molar-refractivity contribution in [2.24, 2.45) is 0 Å². The Labute approximate surface area is 179 Å². The number of carbonyl (C=O) groups excluding carboxylic acids is 2. The van der Waals surface area contributed by atoms with Crippen molar-refractivity contribution in [3.05, 3.63) is 34.9 Å². The summed E-state index contributed by atoms with van der Waals surface area (Å²) in [5.41, 5.74) is 0.546. The van der Waals surface area contributed by atoms with E-state index in [9.17, 15) is 9.59 Å². The van der Waals surface area contributed by atoms with E-state index in [1.165, 1.54) is 0 Å². The molecule has 1 N–H and O–H groups in total. The molecule has 0 unspecified atom stereocenters. The number of benzene rings is 1. The average molecular weight is 424 g/mol. The molecule has 1 aromatic rings. The van der Waals surface area contributed by atoms with Gasteiger partial charge in [0.05, 0.1) is 0 Å². The summed E-state index contributed by atoms with van der Waals surface area (Å²) in [6.45, 7) is 8.37. The number of nitrogens with zero attached hydrogens (tertiary/aromatic N) is 2. The van der Waals surface area contributed by atoms with Crippen molar-refractivity contribution in [2.45, 2.75) is 64.6 Å². The third-order valence-corrected chi connectivity index (χ3v) is 5.07. The first kappa shape index (κ1) is 23.5. The second kappa shape index (κ2) is 10.8. The van der Waals surface area contributed by atoms with Crippen LogP contribution in [-0.4, -0.2) is 60.1 Å². The van der Waals surface area contributed by atoms with Gasteiger partial charge in [-0.15, -0.1) is 0 Å². The molecule has 29 heavy (non-hydrogen) atoms. The van der Waals surface area contributed by atoms with E-state index in [2.05, 4.69) is 10.2 Å². The number of alkyl carbamates (subject to hydrolysis) is 1. The standard InChI is InChI=1S/C22H34ClN3O3/c1-22(2,3)29-21(28)24-19(20(27)26-13-6-5-7-14-26)12-15-25(4)16-17-8-10-18(23)11-9-17/h8-11,19H,5-7,12-16H2,1-4H3,(H,24,28)/t19-/m0/s1. The number of carbonyl (C=O) groups is 2. The Bertz CT molecular complexity index is 667. The van der Waals surface area contributed by atoms with Gasteiger partial charge in [0.1, 0.15) is 11.6 Å². The Morgan fingerprint density at radius 3 is 2.38 bits per heavy atom. The molecule has 2 rings (SSSR count). The Balaban J connectivity index is 1.96. The number of piperidine rings is 1. The quantitative estimate of drug-likeness (QED) is 0.718. The van der Waals surface area contributed by atoms with Gasteiger partial charge in [0.15, 0.2) is 0 Å². The van der Waals surface area contributed by atoms with Gasteiger partial charge in [0.25, 0.3) is 0 Å². The fourth-order valence-corrected chi connectivity index (χ4v) is 3.50. The number of hydrogen-bond acceptors (Lipinski definition) is 4. The molecule has 1 fully saturated rings. The average Bonchev–Trinajstić information content (AvgIpc) is 2.65. The van der Waals surface area contributed by atoms with Crippen LogP contribution in [0.5, 0.6) is 0 Å². The summed E-state index contributed by atoms with van der Waals surface area (Å²) in [4.78, 5) is 29.3. The smallest absolute Gasteiger partial charge is 0.408 e. The molecule has 6 nitrogen and oxygen atoms in total. The van der Waals surface area contributed by atoms with Crippen LogP contribution in [0.25, 0.3) is 0 Å². The second-order valence-electron chi connectivity index (χ2n) is 8.74. The molecule has 162 valence electrons. The van der Waals surface area contributed by atoms with Crippen molar-refractivity contribution in [1.82, 2.24) is 15.1 Å². The van der Waals surface area contributed by atoms with E-state index in [0.29, 0.717) is 18.0 Å². The summed E-state index contributed by atoms with van der Waals surface area (Å²) in [7, 11) is 2.00. The minimum absolute atomic E-state index is 0.0181. The van der Waals surface area contributed by atoms with Gasteiger partial charge in [-0.3, -0.25) is 4.79 Å². The Hall–Kier alpha value is -1.79. The lowest BCUT2D eigenvalue weighted by Crippen LogP contribution is -2.51. The number of likely N-dealkylation sites (tertiary alicyclic amines) is 1. The first-order valence-electron chi connectivity index (χ1n) is 10.4. The van der Waals surface area contributed by atoms with Gasteiger partial charge >= 0.3 is 6.09 Å². The van der Waals surface area contributed by atoms with Gasteiger partial charge in [0, 0.05) is 31.2 Å². The summed E-state index contributed by atoms with van der Waals surface area (Å²) in [6, 6.07) is 7.15. The molecule has 1 saturated heterocycles. The molecule has 1 aliphatic rings. The lowest BCUT2D eigenvalue weighted by Gasteiger charge is -2.32. The van der Waals surface area contributed by atoms with Crippen molar-refractivity contribution >= 4 is 23.6 Å². The summed E-state index contributed by atoms with van der Waals surface area (Å²) in [5.74, 6) is -0.0181. The largest absolute Gasteiger partial charge is 0.444 e. The monoisotopic (exact) mass is 423 g/mol. The molecular weight excluding hydrogens is 390 g/mol. The number of nitrogens with one attached hydrogen (secondary N) is 1. The molecule has 0 radical (unpaired) electrons. The van der Waals surface area contributed by atoms with E-state index in [0.717, 1.165) is 44.5 Å². The van der Waals surface area contributed by atoms with E-state index >= 15 is 0 Å². The molecule has 0 bridgehead atoms. The molecule has 1 heterocycles. The van der Waals surface area contributed by atoms with Gasteiger partial charge in [-0.05, 0) is 71.2 Å². The van der Waals surface area contributed by atoms with Gasteiger partial charge < -0.3 is 19.9 Å². The molecule has 7 heteroatoms. The number of amides is 2. The molecule has 1 atom stereocenters. The van der Waals surface area contributed by atoms with Crippen LogP contribution >= 0.6 is 11.6 Å². The topological polar surface area (TPSA) is 61.9 Å². The zero-order valence-electron chi connectivity index (χ0n) is 18.0. The van der Waals surface area contributed by atoms with Crippen molar-refractivity contribution in [1.29, 1.82) is 0 Å². The van der Waals surface area contributed by atoms with Gasteiger partial charge in [0.2, 0.25) is 5.91 Å². The van der Waals surface area contributed by atoms with Crippen LogP contribution in [-0.2, 0) is 16.1 Å². The molecule has 0 aromatic heterocycles.